The van der Waals surface area contributed by atoms with E-state index in [0.717, 1.165) is 0 Å². The second-order valence-electron chi connectivity index (χ2n) is 9.01. The number of benzene rings is 2. The third-order valence-corrected chi connectivity index (χ3v) is 4.72. The van der Waals surface area contributed by atoms with Crippen LogP contribution in [0.1, 0.15) is 64.7 Å². The van der Waals surface area contributed by atoms with E-state index in [-0.39, 0.29) is 16.8 Å². The molecule has 0 saturated carbocycles. The van der Waals surface area contributed by atoms with E-state index >= 15 is 0 Å². The Balaban J connectivity index is 2.70. The van der Waals surface area contributed by atoms with Gasteiger partial charge in [0, 0.05) is 6.42 Å². The van der Waals surface area contributed by atoms with Gasteiger partial charge in [-0.05, 0) is 45.1 Å². The molecule has 26 heavy (non-hydrogen) atoms. The molecule has 0 aliphatic heterocycles. The highest BCUT2D eigenvalue weighted by Crippen LogP contribution is 2.41. The zero-order valence-corrected chi connectivity index (χ0v) is 17.3. The van der Waals surface area contributed by atoms with Crippen molar-refractivity contribution in [3.8, 4) is 11.1 Å². The topological polar surface area (TPSA) is 26.3 Å². The molecule has 0 spiro atoms. The molecule has 0 radical (unpaired) electrons. The number of hydrogen-bond donors (Lipinski definition) is 0. The lowest BCUT2D eigenvalue weighted by atomic mass is 9.73. The van der Waals surface area contributed by atoms with Gasteiger partial charge in [0.25, 0.3) is 0 Å². The Morgan fingerprint density at radius 3 is 1.81 bits per heavy atom. The maximum Gasteiger partial charge on any atom is 0.305 e. The number of aryl methyl sites for hydroxylation is 1. The molecule has 0 aromatic heterocycles. The Labute approximate surface area is 158 Å². The van der Waals surface area contributed by atoms with Crippen molar-refractivity contribution in [3.63, 3.8) is 0 Å². The maximum absolute atomic E-state index is 11.6. The summed E-state index contributed by atoms with van der Waals surface area (Å²) >= 11 is 0. The highest BCUT2D eigenvalue weighted by atomic mass is 16.5. The van der Waals surface area contributed by atoms with Crippen molar-refractivity contribution in [1.82, 2.24) is 0 Å². The number of carbonyl (C=O) groups is 1. The second kappa shape index (κ2) is 7.65. The molecule has 2 aromatic carbocycles. The summed E-state index contributed by atoms with van der Waals surface area (Å²) in [5.74, 6) is -0.160. The Hall–Kier alpha value is -2.09. The van der Waals surface area contributed by atoms with E-state index in [1.54, 1.807) is 0 Å². The number of rotatable bonds is 4. The Morgan fingerprint density at radius 2 is 1.38 bits per heavy atom. The van der Waals surface area contributed by atoms with Crippen LogP contribution in [-0.4, -0.2) is 13.1 Å². The monoisotopic (exact) mass is 352 g/mol. The summed E-state index contributed by atoms with van der Waals surface area (Å²) in [4.78, 5) is 11.6. The Morgan fingerprint density at radius 1 is 0.885 bits per heavy atom. The van der Waals surface area contributed by atoms with Gasteiger partial charge in [-0.3, -0.25) is 4.79 Å². The lowest BCUT2D eigenvalue weighted by molar-refractivity contribution is -0.140. The normalized spacial score (nSPS) is 12.1. The third kappa shape index (κ3) is 4.75. The summed E-state index contributed by atoms with van der Waals surface area (Å²) < 4.78 is 4.82. The van der Waals surface area contributed by atoms with Gasteiger partial charge >= 0.3 is 5.97 Å². The first kappa shape index (κ1) is 20.2. The zero-order chi connectivity index (χ0) is 19.5. The average Bonchev–Trinajstić information content (AvgIpc) is 2.58. The van der Waals surface area contributed by atoms with Gasteiger partial charge in [-0.2, -0.15) is 0 Å². The first-order chi connectivity index (χ1) is 12.0. The molecule has 0 aliphatic rings. The molecule has 2 nitrogen and oxygen atoms in total. The number of carbonyl (C=O) groups excluding carboxylic acids is 1. The maximum atomic E-state index is 11.6. The average molecular weight is 353 g/mol. The zero-order valence-electron chi connectivity index (χ0n) is 17.3. The Bertz CT molecular complexity index is 724. The fourth-order valence-corrected chi connectivity index (χ4v) is 3.29. The van der Waals surface area contributed by atoms with Crippen LogP contribution >= 0.6 is 0 Å². The first-order valence-corrected chi connectivity index (χ1v) is 9.34. The molecule has 0 atom stereocenters. The highest BCUT2D eigenvalue weighted by Gasteiger charge is 2.27. The third-order valence-electron chi connectivity index (χ3n) is 4.72. The number of ether oxygens (including phenoxy) is 1. The summed E-state index contributed by atoms with van der Waals surface area (Å²) in [6, 6.07) is 15.2. The summed E-state index contributed by atoms with van der Waals surface area (Å²) in [5, 5.41) is 0. The molecule has 2 rings (SSSR count). The van der Waals surface area contributed by atoms with Crippen LogP contribution in [0.15, 0.2) is 42.5 Å². The fraction of sp³-hybridized carbons (Fsp3) is 0.458. The summed E-state index contributed by atoms with van der Waals surface area (Å²) in [7, 11) is 1.45. The van der Waals surface area contributed by atoms with Crippen molar-refractivity contribution in [1.29, 1.82) is 0 Å². The first-order valence-electron chi connectivity index (χ1n) is 9.34. The van der Waals surface area contributed by atoms with E-state index in [0.29, 0.717) is 12.8 Å². The van der Waals surface area contributed by atoms with Crippen molar-refractivity contribution in [3.05, 3.63) is 59.2 Å². The van der Waals surface area contributed by atoms with Gasteiger partial charge in [0.15, 0.2) is 0 Å². The van der Waals surface area contributed by atoms with Crippen molar-refractivity contribution < 1.29 is 9.53 Å². The van der Waals surface area contributed by atoms with Crippen LogP contribution in [0.2, 0.25) is 0 Å². The van der Waals surface area contributed by atoms with Crippen LogP contribution in [-0.2, 0) is 26.8 Å². The van der Waals surface area contributed by atoms with Crippen LogP contribution in [0.5, 0.6) is 0 Å². The largest absolute Gasteiger partial charge is 0.469 e. The van der Waals surface area contributed by atoms with E-state index < -0.39 is 0 Å². The molecule has 2 heteroatoms. The standard InChI is InChI=1S/C24H32O2/c1-23(2,3)19-15-17(13-14-21(25)26-7)16-20(24(4,5)6)22(19)18-11-9-8-10-12-18/h8-12,15-16H,13-14H2,1-7H3. The molecule has 0 aliphatic carbocycles. The fourth-order valence-electron chi connectivity index (χ4n) is 3.29. The molecule has 0 saturated heterocycles. The van der Waals surface area contributed by atoms with E-state index in [1.165, 1.54) is 34.9 Å². The number of methoxy groups -OCH3 is 1. The molecule has 0 fully saturated rings. The van der Waals surface area contributed by atoms with Crippen LogP contribution in [0, 0.1) is 0 Å². The minimum Gasteiger partial charge on any atom is -0.469 e. The summed E-state index contributed by atoms with van der Waals surface area (Å²) in [5.41, 5.74) is 6.45. The van der Waals surface area contributed by atoms with Crippen LogP contribution in [0.25, 0.3) is 11.1 Å². The predicted octanol–water partition coefficient (Wildman–Crippen LogP) is 6.05. The van der Waals surface area contributed by atoms with Crippen molar-refractivity contribution in [2.24, 2.45) is 0 Å². The molecule has 0 heterocycles. The quantitative estimate of drug-likeness (QED) is 0.626. The molecule has 0 N–H and O–H groups in total. The van der Waals surface area contributed by atoms with Crippen molar-refractivity contribution in [2.45, 2.75) is 65.2 Å². The van der Waals surface area contributed by atoms with Crippen LogP contribution in [0.4, 0.5) is 0 Å². The van der Waals surface area contributed by atoms with E-state index in [2.05, 4.69) is 84.0 Å². The molecule has 0 unspecified atom stereocenters. The smallest absolute Gasteiger partial charge is 0.305 e. The Kier molecular flexibility index (Phi) is 5.95. The second-order valence-corrected chi connectivity index (χ2v) is 9.01. The molecular formula is C24H32O2. The SMILES string of the molecule is COC(=O)CCc1cc(C(C)(C)C)c(-c2ccccc2)c(C(C)(C)C)c1. The van der Waals surface area contributed by atoms with Gasteiger partial charge in [0.2, 0.25) is 0 Å². The van der Waals surface area contributed by atoms with Crippen molar-refractivity contribution >= 4 is 5.97 Å². The lowest BCUT2D eigenvalue weighted by Gasteiger charge is -2.31. The van der Waals surface area contributed by atoms with E-state index in [9.17, 15) is 4.79 Å². The number of esters is 1. The molecule has 0 amide bonds. The van der Waals surface area contributed by atoms with Crippen LogP contribution < -0.4 is 0 Å². The van der Waals surface area contributed by atoms with Gasteiger partial charge < -0.3 is 4.74 Å². The summed E-state index contributed by atoms with van der Waals surface area (Å²) in [6.45, 7) is 13.5. The lowest BCUT2D eigenvalue weighted by Crippen LogP contribution is -2.20. The summed E-state index contributed by atoms with van der Waals surface area (Å²) in [6.07, 6.45) is 1.11. The minimum atomic E-state index is -0.160. The highest BCUT2D eigenvalue weighted by molar-refractivity contribution is 5.75. The van der Waals surface area contributed by atoms with Gasteiger partial charge in [-0.15, -0.1) is 0 Å². The van der Waals surface area contributed by atoms with E-state index in [4.69, 9.17) is 4.74 Å². The molecular weight excluding hydrogens is 320 g/mol. The molecule has 2 aromatic rings. The van der Waals surface area contributed by atoms with Crippen LogP contribution in [0.3, 0.4) is 0 Å². The van der Waals surface area contributed by atoms with Gasteiger partial charge in [-0.1, -0.05) is 84.0 Å². The minimum absolute atomic E-state index is 0.00640. The van der Waals surface area contributed by atoms with Gasteiger partial charge in [-0.25, -0.2) is 0 Å². The molecule has 140 valence electrons. The predicted molar refractivity (Wildman–Crippen MR) is 110 cm³/mol. The van der Waals surface area contributed by atoms with Crippen molar-refractivity contribution in [2.75, 3.05) is 7.11 Å². The van der Waals surface area contributed by atoms with Gasteiger partial charge in [0.05, 0.1) is 7.11 Å². The molecule has 0 bridgehead atoms. The van der Waals surface area contributed by atoms with E-state index in [1.807, 2.05) is 0 Å². The number of hydrogen-bond acceptors (Lipinski definition) is 2. The van der Waals surface area contributed by atoms with Gasteiger partial charge in [0.1, 0.15) is 0 Å².